The summed E-state index contributed by atoms with van der Waals surface area (Å²) in [7, 11) is 0. The molecule has 2 aromatic rings. The molecule has 0 saturated heterocycles. The van der Waals surface area contributed by atoms with Crippen LogP contribution in [0.1, 0.15) is 22.3 Å². The summed E-state index contributed by atoms with van der Waals surface area (Å²) in [4.78, 5) is 24.5. The van der Waals surface area contributed by atoms with Gasteiger partial charge in [-0.3, -0.25) is 9.59 Å². The molecule has 2 aromatic carbocycles. The summed E-state index contributed by atoms with van der Waals surface area (Å²) in [5.41, 5.74) is -0.617. The van der Waals surface area contributed by atoms with Crippen LogP contribution < -0.4 is 5.32 Å². The lowest BCUT2D eigenvalue weighted by molar-refractivity contribution is -0.133. The Morgan fingerprint density at radius 1 is 1.23 bits per heavy atom. The molecule has 1 heterocycles. The number of rotatable bonds is 3. The largest absolute Gasteiger partial charge is 0.375 e. The Labute approximate surface area is 145 Å². The zero-order valence-corrected chi connectivity index (χ0v) is 14.2. The van der Waals surface area contributed by atoms with Crippen molar-refractivity contribution in [1.82, 2.24) is 0 Å². The van der Waals surface area contributed by atoms with Gasteiger partial charge in [0.15, 0.2) is 11.4 Å². The number of fused-ring (bicyclic) bond motifs is 1. The first-order valence-electron chi connectivity index (χ1n) is 6.53. The summed E-state index contributed by atoms with van der Waals surface area (Å²) in [5.74, 6) is -0.912. The molecule has 0 aromatic heterocycles. The molecule has 0 spiro atoms. The molecule has 0 radical (unpaired) electrons. The van der Waals surface area contributed by atoms with Gasteiger partial charge < -0.3 is 10.4 Å². The van der Waals surface area contributed by atoms with Crippen LogP contribution in [-0.4, -0.2) is 16.8 Å². The molecule has 22 heavy (non-hydrogen) atoms. The first kappa shape index (κ1) is 15.5. The smallest absolute Gasteiger partial charge is 0.261 e. The molecule has 0 unspecified atom stereocenters. The van der Waals surface area contributed by atoms with Crippen molar-refractivity contribution in [2.75, 3.05) is 5.32 Å². The Kier molecular flexibility index (Phi) is 3.96. The van der Waals surface area contributed by atoms with E-state index in [9.17, 15) is 14.7 Å². The normalized spacial score (nSPS) is 19.7. The Balaban J connectivity index is 1.94. The number of nitrogens with one attached hydrogen (secondary N) is 1. The summed E-state index contributed by atoms with van der Waals surface area (Å²) in [6.45, 7) is 0. The maximum Gasteiger partial charge on any atom is 0.261 e. The van der Waals surface area contributed by atoms with Crippen LogP contribution in [0.25, 0.3) is 0 Å². The number of anilines is 1. The minimum atomic E-state index is -1.89. The predicted octanol–water partition coefficient (Wildman–Crippen LogP) is 3.36. The van der Waals surface area contributed by atoms with Gasteiger partial charge in [-0.2, -0.15) is 0 Å². The van der Waals surface area contributed by atoms with Crippen LogP contribution in [0.4, 0.5) is 5.69 Å². The third-order valence-electron chi connectivity index (χ3n) is 3.63. The quantitative estimate of drug-likeness (QED) is 0.583. The van der Waals surface area contributed by atoms with E-state index in [0.717, 1.165) is 3.57 Å². The third kappa shape index (κ3) is 2.64. The maximum atomic E-state index is 12.4. The van der Waals surface area contributed by atoms with Crippen LogP contribution >= 0.6 is 34.2 Å². The number of benzene rings is 2. The number of aliphatic hydroxyl groups is 1. The van der Waals surface area contributed by atoms with Gasteiger partial charge in [0.25, 0.3) is 5.91 Å². The van der Waals surface area contributed by atoms with Crippen molar-refractivity contribution in [3.8, 4) is 0 Å². The second kappa shape index (κ2) is 5.64. The van der Waals surface area contributed by atoms with E-state index in [0.29, 0.717) is 21.8 Å². The van der Waals surface area contributed by atoms with Crippen molar-refractivity contribution in [2.45, 2.75) is 12.0 Å². The topological polar surface area (TPSA) is 66.4 Å². The molecule has 0 bridgehead atoms. The first-order chi connectivity index (χ1) is 10.4. The van der Waals surface area contributed by atoms with Crippen molar-refractivity contribution in [3.63, 3.8) is 0 Å². The summed E-state index contributed by atoms with van der Waals surface area (Å²) >= 11 is 8.07. The second-order valence-corrected chi connectivity index (χ2v) is 6.79. The van der Waals surface area contributed by atoms with Crippen molar-refractivity contribution >= 4 is 51.6 Å². The summed E-state index contributed by atoms with van der Waals surface area (Å²) in [6.07, 6.45) is -0.327. The fraction of sp³-hybridized carbons (Fsp3) is 0.125. The molecule has 0 fully saturated rings. The van der Waals surface area contributed by atoms with Gasteiger partial charge in [-0.25, -0.2) is 0 Å². The van der Waals surface area contributed by atoms with Crippen LogP contribution in [0.5, 0.6) is 0 Å². The van der Waals surface area contributed by atoms with E-state index in [2.05, 4.69) is 27.9 Å². The Hall–Kier alpha value is -1.44. The van der Waals surface area contributed by atoms with Gasteiger partial charge in [0, 0.05) is 25.4 Å². The third-order valence-corrected chi connectivity index (χ3v) is 4.59. The first-order valence-corrected chi connectivity index (χ1v) is 7.98. The lowest BCUT2D eigenvalue weighted by Crippen LogP contribution is -2.36. The highest BCUT2D eigenvalue weighted by molar-refractivity contribution is 14.1. The average Bonchev–Trinajstić information content (AvgIpc) is 2.71. The lowest BCUT2D eigenvalue weighted by atomic mass is 9.88. The number of halogens is 2. The van der Waals surface area contributed by atoms with Crippen molar-refractivity contribution in [1.29, 1.82) is 0 Å². The lowest BCUT2D eigenvalue weighted by Gasteiger charge is -2.20. The van der Waals surface area contributed by atoms with Gasteiger partial charge in [-0.05, 0) is 52.9 Å². The van der Waals surface area contributed by atoms with E-state index in [1.807, 2.05) is 0 Å². The Morgan fingerprint density at radius 2 is 1.91 bits per heavy atom. The number of ketones is 1. The molecule has 1 aliphatic heterocycles. The molecule has 112 valence electrons. The van der Waals surface area contributed by atoms with Crippen LogP contribution in [0.15, 0.2) is 42.5 Å². The van der Waals surface area contributed by atoms with Gasteiger partial charge in [-0.15, -0.1) is 0 Å². The molecule has 3 rings (SSSR count). The summed E-state index contributed by atoms with van der Waals surface area (Å²) in [6, 6.07) is 11.7. The monoisotopic (exact) mass is 427 g/mol. The van der Waals surface area contributed by atoms with Crippen molar-refractivity contribution in [2.24, 2.45) is 0 Å². The van der Waals surface area contributed by atoms with Gasteiger partial charge in [0.2, 0.25) is 0 Å². The van der Waals surface area contributed by atoms with E-state index in [1.165, 1.54) is 6.07 Å². The number of hydrogen-bond donors (Lipinski definition) is 2. The summed E-state index contributed by atoms with van der Waals surface area (Å²) < 4.78 is 1.00. The number of carbonyl (C=O) groups is 2. The van der Waals surface area contributed by atoms with Crippen LogP contribution in [-0.2, 0) is 10.4 Å². The van der Waals surface area contributed by atoms with E-state index in [4.69, 9.17) is 11.6 Å². The predicted molar refractivity (Wildman–Crippen MR) is 92.1 cm³/mol. The van der Waals surface area contributed by atoms with Crippen molar-refractivity contribution in [3.05, 3.63) is 62.2 Å². The highest BCUT2D eigenvalue weighted by Gasteiger charge is 2.46. The number of carbonyl (C=O) groups excluding carboxylic acids is 2. The van der Waals surface area contributed by atoms with Crippen LogP contribution in [0.2, 0.25) is 5.02 Å². The molecule has 1 aliphatic rings. The Morgan fingerprint density at radius 3 is 2.59 bits per heavy atom. The van der Waals surface area contributed by atoms with Crippen LogP contribution in [0.3, 0.4) is 0 Å². The fourth-order valence-electron chi connectivity index (χ4n) is 2.46. The molecular weight excluding hydrogens is 417 g/mol. The highest BCUT2D eigenvalue weighted by Crippen LogP contribution is 2.40. The van der Waals surface area contributed by atoms with Crippen molar-refractivity contribution < 1.29 is 14.7 Å². The summed E-state index contributed by atoms with van der Waals surface area (Å²) in [5, 5.41) is 13.7. The SMILES string of the molecule is O=C(C[C@@]1(O)C(=O)Nc2ccc(Cl)cc21)c1ccc(I)cc1. The van der Waals surface area contributed by atoms with Gasteiger partial charge in [0.1, 0.15) is 0 Å². The highest BCUT2D eigenvalue weighted by atomic mass is 127. The van der Waals surface area contributed by atoms with E-state index >= 15 is 0 Å². The minimum Gasteiger partial charge on any atom is -0.375 e. The average molecular weight is 428 g/mol. The second-order valence-electron chi connectivity index (χ2n) is 5.11. The number of amides is 1. The molecular formula is C16H11ClINO3. The molecule has 0 saturated carbocycles. The van der Waals surface area contributed by atoms with Gasteiger partial charge in [0.05, 0.1) is 6.42 Å². The Bertz CT molecular complexity index is 775. The maximum absolute atomic E-state index is 12.4. The minimum absolute atomic E-state index is 0.304. The number of hydrogen-bond acceptors (Lipinski definition) is 3. The zero-order chi connectivity index (χ0) is 15.9. The fourth-order valence-corrected chi connectivity index (χ4v) is 2.99. The molecule has 4 nitrogen and oxygen atoms in total. The van der Waals surface area contributed by atoms with E-state index < -0.39 is 11.5 Å². The van der Waals surface area contributed by atoms with E-state index in [-0.39, 0.29) is 12.2 Å². The van der Waals surface area contributed by atoms with Gasteiger partial charge in [-0.1, -0.05) is 23.7 Å². The molecule has 6 heteroatoms. The van der Waals surface area contributed by atoms with Gasteiger partial charge >= 0.3 is 0 Å². The molecule has 0 aliphatic carbocycles. The standard InChI is InChI=1S/C16H11ClINO3/c17-10-3-6-13-12(7-10)16(22,15(21)19-13)8-14(20)9-1-4-11(18)5-2-9/h1-7,22H,8H2,(H,19,21)/t16-/m0/s1. The van der Waals surface area contributed by atoms with Crippen LogP contribution in [0, 0.1) is 3.57 Å². The molecule has 1 amide bonds. The molecule has 2 N–H and O–H groups in total. The molecule has 1 atom stereocenters. The van der Waals surface area contributed by atoms with E-state index in [1.54, 1.807) is 36.4 Å². The zero-order valence-electron chi connectivity index (χ0n) is 11.3. The number of Topliss-reactive ketones (excluding diaryl/α,β-unsaturated/α-hetero) is 1.